The highest BCUT2D eigenvalue weighted by atomic mass is 32.1. The van der Waals surface area contributed by atoms with E-state index in [0.29, 0.717) is 17.5 Å². The first-order chi connectivity index (χ1) is 24.8. The molecule has 3 aromatic heterocycles. The van der Waals surface area contributed by atoms with Crippen LogP contribution in [-0.4, -0.2) is 19.5 Å². The van der Waals surface area contributed by atoms with Gasteiger partial charge in [0.05, 0.1) is 16.7 Å². The minimum atomic E-state index is 0.636. The third-order valence-corrected chi connectivity index (χ3v) is 10.6. The molecule has 0 saturated carbocycles. The molecule has 0 aliphatic rings. The summed E-state index contributed by atoms with van der Waals surface area (Å²) in [5.41, 5.74) is 8.58. The first-order valence-corrected chi connectivity index (χ1v) is 17.5. The van der Waals surface area contributed by atoms with Crippen molar-refractivity contribution in [1.29, 1.82) is 0 Å². The molecule has 10 aromatic rings. The van der Waals surface area contributed by atoms with Crippen LogP contribution in [0.4, 0.5) is 0 Å². The average molecular weight is 657 g/mol. The molecule has 5 heteroatoms. The van der Waals surface area contributed by atoms with Gasteiger partial charge in [0.25, 0.3) is 0 Å². The van der Waals surface area contributed by atoms with Crippen LogP contribution in [0.15, 0.2) is 170 Å². The van der Waals surface area contributed by atoms with Crippen LogP contribution < -0.4 is 0 Å². The summed E-state index contributed by atoms with van der Waals surface area (Å²) in [5.74, 6) is 1.92. The van der Waals surface area contributed by atoms with Crippen molar-refractivity contribution in [3.05, 3.63) is 170 Å². The van der Waals surface area contributed by atoms with Crippen molar-refractivity contribution < 1.29 is 0 Å². The van der Waals surface area contributed by atoms with Gasteiger partial charge in [-0.1, -0.05) is 133 Å². The number of hydrogen-bond acceptors (Lipinski definition) is 4. The van der Waals surface area contributed by atoms with Gasteiger partial charge in [-0.05, 0) is 47.5 Å². The molecule has 10 rings (SSSR count). The number of fused-ring (bicyclic) bond motifs is 6. The van der Waals surface area contributed by atoms with Gasteiger partial charge < -0.3 is 4.57 Å². The van der Waals surface area contributed by atoms with Crippen molar-refractivity contribution in [2.24, 2.45) is 0 Å². The molecule has 0 saturated heterocycles. The summed E-state index contributed by atoms with van der Waals surface area (Å²) in [6.07, 6.45) is 0. The minimum Gasteiger partial charge on any atom is -0.308 e. The monoisotopic (exact) mass is 656 g/mol. The van der Waals surface area contributed by atoms with Crippen LogP contribution in [0, 0.1) is 0 Å². The maximum Gasteiger partial charge on any atom is 0.166 e. The van der Waals surface area contributed by atoms with Crippen molar-refractivity contribution >= 4 is 53.3 Å². The third kappa shape index (κ3) is 4.63. The molecule has 0 radical (unpaired) electrons. The Hall–Kier alpha value is -6.43. The Labute approximate surface area is 292 Å². The van der Waals surface area contributed by atoms with Crippen molar-refractivity contribution in [1.82, 2.24) is 19.5 Å². The molecule has 4 nitrogen and oxygen atoms in total. The summed E-state index contributed by atoms with van der Waals surface area (Å²) in [6, 6.07) is 59.7. The van der Waals surface area contributed by atoms with Crippen molar-refractivity contribution in [3.8, 4) is 51.0 Å². The van der Waals surface area contributed by atoms with Crippen LogP contribution >= 0.6 is 11.3 Å². The number of thiophene rings is 1. The quantitative estimate of drug-likeness (QED) is 0.185. The van der Waals surface area contributed by atoms with E-state index in [1.54, 1.807) is 0 Å². The summed E-state index contributed by atoms with van der Waals surface area (Å²) >= 11 is 1.82. The molecular formula is C45H28N4S. The fourth-order valence-electron chi connectivity index (χ4n) is 7.16. The van der Waals surface area contributed by atoms with E-state index in [0.717, 1.165) is 33.4 Å². The molecule has 0 fully saturated rings. The van der Waals surface area contributed by atoms with E-state index in [9.17, 15) is 0 Å². The summed E-state index contributed by atoms with van der Waals surface area (Å²) in [5, 5.41) is 4.82. The highest BCUT2D eigenvalue weighted by Crippen LogP contribution is 2.45. The van der Waals surface area contributed by atoms with E-state index in [1.165, 1.54) is 42.1 Å². The number of nitrogens with zero attached hydrogens (tertiary/aromatic N) is 4. The molecule has 0 unspecified atom stereocenters. The van der Waals surface area contributed by atoms with Gasteiger partial charge in [0, 0.05) is 47.6 Å². The Morgan fingerprint density at radius 3 is 1.64 bits per heavy atom. The highest BCUT2D eigenvalue weighted by Gasteiger charge is 2.23. The lowest BCUT2D eigenvalue weighted by Gasteiger charge is -2.16. The molecule has 0 spiro atoms. The molecule has 7 aromatic carbocycles. The maximum absolute atomic E-state index is 5.22. The molecule has 50 heavy (non-hydrogen) atoms. The Balaban J connectivity index is 1.33. The Kier molecular flexibility index (Phi) is 6.64. The smallest absolute Gasteiger partial charge is 0.166 e. The number of aromatic nitrogens is 4. The van der Waals surface area contributed by atoms with Crippen LogP contribution in [0.25, 0.3) is 93.0 Å². The van der Waals surface area contributed by atoms with Crippen LogP contribution in [0.3, 0.4) is 0 Å². The minimum absolute atomic E-state index is 0.636. The molecule has 0 bridgehead atoms. The van der Waals surface area contributed by atoms with Crippen molar-refractivity contribution in [3.63, 3.8) is 0 Å². The maximum atomic E-state index is 5.22. The summed E-state index contributed by atoms with van der Waals surface area (Å²) in [4.78, 5) is 15.5. The van der Waals surface area contributed by atoms with E-state index >= 15 is 0 Å². The number of benzene rings is 7. The van der Waals surface area contributed by atoms with Gasteiger partial charge in [0.2, 0.25) is 0 Å². The lowest BCUT2D eigenvalue weighted by Crippen LogP contribution is -2.04. The van der Waals surface area contributed by atoms with Gasteiger partial charge in [0.1, 0.15) is 0 Å². The third-order valence-electron chi connectivity index (χ3n) is 9.46. The Bertz CT molecular complexity index is 2800. The Morgan fingerprint density at radius 2 is 0.940 bits per heavy atom. The second-order valence-corrected chi connectivity index (χ2v) is 13.5. The summed E-state index contributed by atoms with van der Waals surface area (Å²) in [7, 11) is 0. The zero-order chi connectivity index (χ0) is 33.0. The van der Waals surface area contributed by atoms with E-state index in [-0.39, 0.29) is 0 Å². The van der Waals surface area contributed by atoms with Crippen molar-refractivity contribution in [2.75, 3.05) is 0 Å². The standard InChI is InChI=1S/C45H28N4S/c1-4-14-29(15-5-1)32-24-26-38-36(28-32)33-20-10-12-22-37(33)49(38)42-35(25-27-40-41(42)34-21-11-13-23-39(34)50-40)45-47-43(30-16-6-2-7-17-30)46-44(48-45)31-18-8-3-9-19-31/h1-28H. The zero-order valence-corrected chi connectivity index (χ0v) is 27.7. The lowest BCUT2D eigenvalue weighted by molar-refractivity contribution is 1.07. The van der Waals surface area contributed by atoms with E-state index in [1.807, 2.05) is 47.7 Å². The molecule has 234 valence electrons. The predicted octanol–water partition coefficient (Wildman–Crippen LogP) is 12.0. The number of para-hydroxylation sites is 1. The first kappa shape index (κ1) is 28.6. The van der Waals surface area contributed by atoms with Gasteiger partial charge in [-0.15, -0.1) is 11.3 Å². The molecule has 0 aliphatic heterocycles. The average Bonchev–Trinajstić information content (AvgIpc) is 3.74. The molecule has 0 aliphatic carbocycles. The fraction of sp³-hybridized carbons (Fsp3) is 0. The van der Waals surface area contributed by atoms with Gasteiger partial charge >= 0.3 is 0 Å². The van der Waals surface area contributed by atoms with Crippen LogP contribution in [-0.2, 0) is 0 Å². The van der Waals surface area contributed by atoms with Gasteiger partial charge in [-0.25, -0.2) is 15.0 Å². The van der Waals surface area contributed by atoms with Gasteiger partial charge in [-0.3, -0.25) is 0 Å². The van der Waals surface area contributed by atoms with Crippen LogP contribution in [0.5, 0.6) is 0 Å². The fourth-order valence-corrected chi connectivity index (χ4v) is 8.27. The van der Waals surface area contributed by atoms with Crippen LogP contribution in [0.1, 0.15) is 0 Å². The molecule has 0 amide bonds. The molecule has 0 atom stereocenters. The molecule has 3 heterocycles. The van der Waals surface area contributed by atoms with E-state index in [4.69, 9.17) is 15.0 Å². The summed E-state index contributed by atoms with van der Waals surface area (Å²) in [6.45, 7) is 0. The normalized spacial score (nSPS) is 11.6. The Morgan fingerprint density at radius 1 is 0.380 bits per heavy atom. The largest absolute Gasteiger partial charge is 0.308 e. The SMILES string of the molecule is c1ccc(-c2ccc3c(c2)c2ccccc2n3-c2c(-c3nc(-c4ccccc4)nc(-c4ccccc4)n3)ccc3sc4ccccc4c23)cc1. The van der Waals surface area contributed by atoms with Crippen molar-refractivity contribution in [2.45, 2.75) is 0 Å². The molecule has 0 N–H and O–H groups in total. The molecular weight excluding hydrogens is 629 g/mol. The number of rotatable bonds is 5. The summed E-state index contributed by atoms with van der Waals surface area (Å²) < 4.78 is 4.90. The lowest BCUT2D eigenvalue weighted by atomic mass is 10.0. The van der Waals surface area contributed by atoms with Gasteiger partial charge in [0.15, 0.2) is 17.5 Å². The highest BCUT2D eigenvalue weighted by molar-refractivity contribution is 7.25. The second-order valence-electron chi connectivity index (χ2n) is 12.4. The second kappa shape index (κ2) is 11.6. The number of hydrogen-bond donors (Lipinski definition) is 0. The predicted molar refractivity (Wildman–Crippen MR) is 209 cm³/mol. The van der Waals surface area contributed by atoms with E-state index < -0.39 is 0 Å². The van der Waals surface area contributed by atoms with Gasteiger partial charge in [-0.2, -0.15) is 0 Å². The van der Waals surface area contributed by atoms with Crippen LogP contribution in [0.2, 0.25) is 0 Å². The zero-order valence-electron chi connectivity index (χ0n) is 26.9. The van der Waals surface area contributed by atoms with E-state index in [2.05, 4.69) is 138 Å². The topological polar surface area (TPSA) is 43.6 Å². The first-order valence-electron chi connectivity index (χ1n) is 16.7.